The molecule has 1 aromatic heterocycles. The van der Waals surface area contributed by atoms with Gasteiger partial charge in [0.2, 0.25) is 0 Å². The monoisotopic (exact) mass is 283 g/mol. The van der Waals surface area contributed by atoms with Gasteiger partial charge in [0.05, 0.1) is 7.11 Å². The van der Waals surface area contributed by atoms with Gasteiger partial charge in [-0.05, 0) is 49.9 Å². The van der Waals surface area contributed by atoms with Gasteiger partial charge in [-0.2, -0.15) is 0 Å². The lowest BCUT2D eigenvalue weighted by Crippen LogP contribution is -2.08. The molecular weight excluding hydrogens is 262 g/mol. The van der Waals surface area contributed by atoms with Crippen molar-refractivity contribution in [2.45, 2.75) is 32.6 Å². The number of nitrogens with one attached hydrogen (secondary N) is 1. The molecule has 0 fully saturated rings. The molecule has 0 aliphatic heterocycles. The molecule has 4 nitrogen and oxygen atoms in total. The fourth-order valence-electron chi connectivity index (χ4n) is 2.69. The van der Waals surface area contributed by atoms with Crippen LogP contribution in [0.15, 0.2) is 24.3 Å². The first kappa shape index (κ1) is 13.9. The molecule has 110 valence electrons. The van der Waals surface area contributed by atoms with Gasteiger partial charge in [0.15, 0.2) is 5.82 Å². The second-order valence-corrected chi connectivity index (χ2v) is 5.33. The van der Waals surface area contributed by atoms with Crippen molar-refractivity contribution in [1.29, 1.82) is 0 Å². The first-order valence-electron chi connectivity index (χ1n) is 7.60. The fraction of sp³-hybridized carbons (Fsp3) is 0.412. The van der Waals surface area contributed by atoms with E-state index in [9.17, 15) is 0 Å². The molecule has 0 unspecified atom stereocenters. The van der Waals surface area contributed by atoms with Crippen molar-refractivity contribution in [2.75, 3.05) is 19.0 Å². The Morgan fingerprint density at radius 2 is 1.95 bits per heavy atom. The molecule has 1 N–H and O–H groups in total. The Hall–Kier alpha value is -2.10. The van der Waals surface area contributed by atoms with Gasteiger partial charge >= 0.3 is 0 Å². The quantitative estimate of drug-likeness (QED) is 0.913. The zero-order valence-corrected chi connectivity index (χ0v) is 12.6. The Bertz CT molecular complexity index is 623. The van der Waals surface area contributed by atoms with E-state index in [0.717, 1.165) is 48.8 Å². The number of ether oxygens (including phenoxy) is 1. The minimum atomic E-state index is 0.803. The van der Waals surface area contributed by atoms with E-state index in [4.69, 9.17) is 14.7 Å². The molecule has 0 atom stereocenters. The number of aryl methyl sites for hydroxylation is 1. The Balaban J connectivity index is 1.97. The molecule has 3 rings (SSSR count). The molecular formula is C17H21N3O. The number of anilines is 1. The van der Waals surface area contributed by atoms with Crippen LogP contribution < -0.4 is 10.1 Å². The van der Waals surface area contributed by atoms with Crippen molar-refractivity contribution in [3.63, 3.8) is 0 Å². The SMILES string of the molecule is CCCNc1nc(-c2ccc(OC)cc2)nc2c1CCC2. The van der Waals surface area contributed by atoms with Gasteiger partial charge in [0.1, 0.15) is 11.6 Å². The van der Waals surface area contributed by atoms with Crippen LogP contribution in [0, 0.1) is 0 Å². The number of benzene rings is 1. The molecule has 4 heteroatoms. The van der Waals surface area contributed by atoms with Crippen molar-refractivity contribution in [3.05, 3.63) is 35.5 Å². The molecule has 1 aliphatic carbocycles. The van der Waals surface area contributed by atoms with E-state index in [1.54, 1.807) is 7.11 Å². The van der Waals surface area contributed by atoms with Crippen molar-refractivity contribution in [3.8, 4) is 17.1 Å². The van der Waals surface area contributed by atoms with Gasteiger partial charge in [-0.15, -0.1) is 0 Å². The summed E-state index contributed by atoms with van der Waals surface area (Å²) in [6.45, 7) is 3.12. The zero-order chi connectivity index (χ0) is 14.7. The number of hydrogen-bond acceptors (Lipinski definition) is 4. The van der Waals surface area contributed by atoms with Crippen LogP contribution in [0.3, 0.4) is 0 Å². The van der Waals surface area contributed by atoms with E-state index in [1.165, 1.54) is 17.7 Å². The van der Waals surface area contributed by atoms with E-state index in [-0.39, 0.29) is 0 Å². The maximum atomic E-state index is 5.20. The number of hydrogen-bond donors (Lipinski definition) is 1. The van der Waals surface area contributed by atoms with E-state index < -0.39 is 0 Å². The summed E-state index contributed by atoms with van der Waals surface area (Å²) in [5.74, 6) is 2.67. The molecule has 0 radical (unpaired) electrons. The molecule has 0 saturated carbocycles. The Morgan fingerprint density at radius 3 is 2.67 bits per heavy atom. The first-order chi connectivity index (χ1) is 10.3. The summed E-state index contributed by atoms with van der Waals surface area (Å²) >= 11 is 0. The molecule has 0 spiro atoms. The molecule has 0 amide bonds. The number of nitrogens with zero attached hydrogens (tertiary/aromatic N) is 2. The molecule has 21 heavy (non-hydrogen) atoms. The topological polar surface area (TPSA) is 47.0 Å². The Labute approximate surface area is 125 Å². The van der Waals surface area contributed by atoms with Gasteiger partial charge in [-0.1, -0.05) is 6.92 Å². The lowest BCUT2D eigenvalue weighted by Gasteiger charge is -2.12. The standard InChI is InChI=1S/C17H21N3O/c1-3-11-18-17-14-5-4-6-15(14)19-16(20-17)12-7-9-13(21-2)10-8-12/h7-10H,3-6,11H2,1-2H3,(H,18,19,20). The summed E-state index contributed by atoms with van der Waals surface area (Å²) < 4.78 is 5.20. The van der Waals surface area contributed by atoms with Crippen molar-refractivity contribution < 1.29 is 4.74 Å². The second-order valence-electron chi connectivity index (χ2n) is 5.33. The van der Waals surface area contributed by atoms with Gasteiger partial charge in [0.25, 0.3) is 0 Å². The molecule has 1 aromatic carbocycles. The lowest BCUT2D eigenvalue weighted by atomic mass is 10.1. The summed E-state index contributed by atoms with van der Waals surface area (Å²) in [5, 5.41) is 3.45. The number of fused-ring (bicyclic) bond motifs is 1. The summed E-state index contributed by atoms with van der Waals surface area (Å²) in [6, 6.07) is 7.92. The highest BCUT2D eigenvalue weighted by Gasteiger charge is 2.19. The van der Waals surface area contributed by atoms with E-state index in [0.29, 0.717) is 0 Å². The molecule has 0 bridgehead atoms. The van der Waals surface area contributed by atoms with Crippen molar-refractivity contribution in [1.82, 2.24) is 9.97 Å². The predicted octanol–water partition coefficient (Wildman–Crippen LogP) is 3.46. The highest BCUT2D eigenvalue weighted by Crippen LogP contribution is 2.29. The lowest BCUT2D eigenvalue weighted by molar-refractivity contribution is 0.415. The molecule has 0 saturated heterocycles. The minimum absolute atomic E-state index is 0.803. The summed E-state index contributed by atoms with van der Waals surface area (Å²) in [6.07, 6.45) is 4.42. The normalized spacial score (nSPS) is 13.0. The third kappa shape index (κ3) is 2.84. The Morgan fingerprint density at radius 1 is 1.14 bits per heavy atom. The first-order valence-corrected chi connectivity index (χ1v) is 7.60. The van der Waals surface area contributed by atoms with E-state index >= 15 is 0 Å². The highest BCUT2D eigenvalue weighted by atomic mass is 16.5. The van der Waals surface area contributed by atoms with Gasteiger partial charge in [-0.3, -0.25) is 0 Å². The van der Waals surface area contributed by atoms with Crippen LogP contribution in [0.1, 0.15) is 31.0 Å². The van der Waals surface area contributed by atoms with Gasteiger partial charge in [-0.25, -0.2) is 9.97 Å². The molecule has 1 heterocycles. The van der Waals surface area contributed by atoms with Crippen LogP contribution in [0.25, 0.3) is 11.4 Å². The average molecular weight is 283 g/mol. The van der Waals surface area contributed by atoms with Crippen LogP contribution in [0.5, 0.6) is 5.75 Å². The van der Waals surface area contributed by atoms with Crippen LogP contribution in [-0.2, 0) is 12.8 Å². The third-order valence-electron chi connectivity index (χ3n) is 3.82. The van der Waals surface area contributed by atoms with Gasteiger partial charge in [0, 0.05) is 23.4 Å². The predicted molar refractivity (Wildman–Crippen MR) is 84.8 cm³/mol. The largest absolute Gasteiger partial charge is 0.497 e. The van der Waals surface area contributed by atoms with E-state index in [2.05, 4.69) is 12.2 Å². The summed E-state index contributed by atoms with van der Waals surface area (Å²) in [7, 11) is 1.67. The third-order valence-corrected chi connectivity index (χ3v) is 3.82. The molecule has 2 aromatic rings. The van der Waals surface area contributed by atoms with E-state index in [1.807, 2.05) is 24.3 Å². The number of methoxy groups -OCH3 is 1. The number of aromatic nitrogens is 2. The maximum Gasteiger partial charge on any atom is 0.161 e. The minimum Gasteiger partial charge on any atom is -0.497 e. The second kappa shape index (κ2) is 6.12. The highest BCUT2D eigenvalue weighted by molar-refractivity contribution is 5.61. The maximum absolute atomic E-state index is 5.20. The summed E-state index contributed by atoms with van der Waals surface area (Å²) in [4.78, 5) is 9.50. The average Bonchev–Trinajstić information content (AvgIpc) is 3.01. The van der Waals surface area contributed by atoms with Crippen LogP contribution in [0.4, 0.5) is 5.82 Å². The van der Waals surface area contributed by atoms with Crippen molar-refractivity contribution in [2.24, 2.45) is 0 Å². The van der Waals surface area contributed by atoms with Crippen LogP contribution in [0.2, 0.25) is 0 Å². The van der Waals surface area contributed by atoms with Crippen LogP contribution >= 0.6 is 0 Å². The Kier molecular flexibility index (Phi) is 4.04. The zero-order valence-electron chi connectivity index (χ0n) is 12.6. The number of rotatable bonds is 5. The van der Waals surface area contributed by atoms with Crippen LogP contribution in [-0.4, -0.2) is 23.6 Å². The summed E-state index contributed by atoms with van der Waals surface area (Å²) in [5.41, 5.74) is 3.54. The van der Waals surface area contributed by atoms with Crippen molar-refractivity contribution >= 4 is 5.82 Å². The fourth-order valence-corrected chi connectivity index (χ4v) is 2.69. The van der Waals surface area contributed by atoms with Gasteiger partial charge < -0.3 is 10.1 Å². The molecule has 1 aliphatic rings. The smallest absolute Gasteiger partial charge is 0.161 e.